The lowest BCUT2D eigenvalue weighted by Crippen LogP contribution is -2.39. The third kappa shape index (κ3) is 6.14. The van der Waals surface area contributed by atoms with Gasteiger partial charge in [0.1, 0.15) is 12.4 Å². The number of benzene rings is 3. The first kappa shape index (κ1) is 29.0. The molecule has 0 fully saturated rings. The molecular formula is C26H27FN2O9S. The van der Waals surface area contributed by atoms with Gasteiger partial charge >= 0.3 is 5.97 Å². The van der Waals surface area contributed by atoms with Crippen LogP contribution in [0.4, 0.5) is 15.8 Å². The lowest BCUT2D eigenvalue weighted by atomic mass is 10.1. The number of anilines is 2. The summed E-state index contributed by atoms with van der Waals surface area (Å²) >= 11 is 0. The number of nitrogens with zero attached hydrogens (tertiary/aromatic N) is 1. The van der Waals surface area contributed by atoms with E-state index < -0.39 is 34.3 Å². The van der Waals surface area contributed by atoms with Crippen molar-refractivity contribution in [3.63, 3.8) is 0 Å². The minimum absolute atomic E-state index is 0.0403. The number of hydrogen-bond acceptors (Lipinski definition) is 9. The minimum Gasteiger partial charge on any atom is -0.493 e. The van der Waals surface area contributed by atoms with Gasteiger partial charge in [-0.3, -0.25) is 9.10 Å². The van der Waals surface area contributed by atoms with E-state index in [1.165, 1.54) is 77.0 Å². The van der Waals surface area contributed by atoms with Crippen molar-refractivity contribution in [3.8, 4) is 23.0 Å². The van der Waals surface area contributed by atoms with Crippen molar-refractivity contribution in [2.24, 2.45) is 0 Å². The van der Waals surface area contributed by atoms with Crippen molar-refractivity contribution < 1.29 is 46.1 Å². The summed E-state index contributed by atoms with van der Waals surface area (Å²) in [5.41, 5.74) is -0.492. The molecule has 1 amide bonds. The second kappa shape index (κ2) is 12.3. The Bertz CT molecular complexity index is 1480. The monoisotopic (exact) mass is 562 g/mol. The highest BCUT2D eigenvalue weighted by Gasteiger charge is 2.31. The number of methoxy groups -OCH3 is 5. The van der Waals surface area contributed by atoms with Gasteiger partial charge < -0.3 is 29.0 Å². The summed E-state index contributed by atoms with van der Waals surface area (Å²) < 4.78 is 68.5. The average Bonchev–Trinajstić information content (AvgIpc) is 2.95. The van der Waals surface area contributed by atoms with E-state index in [0.29, 0.717) is 4.31 Å². The molecule has 0 atom stereocenters. The fourth-order valence-corrected chi connectivity index (χ4v) is 5.08. The standard InChI is InChI=1S/C26H27FN2O9S/c1-34-21-11-10-16(12-22(21)35-2)39(32,33)29(20-9-7-6-8-18(20)27)15-25(30)28-19-14-24(37-4)23(36-3)13-17(19)26(31)38-5/h6-14H,15H2,1-5H3,(H,28,30). The lowest BCUT2D eigenvalue weighted by molar-refractivity contribution is -0.114. The third-order valence-corrected chi connectivity index (χ3v) is 7.31. The Balaban J connectivity index is 2.06. The first-order chi connectivity index (χ1) is 18.6. The number of carbonyl (C=O) groups is 2. The first-order valence-corrected chi connectivity index (χ1v) is 12.7. The van der Waals surface area contributed by atoms with E-state index in [9.17, 15) is 22.4 Å². The SMILES string of the molecule is COC(=O)c1cc(OC)c(OC)cc1NC(=O)CN(c1ccccc1F)S(=O)(=O)c1ccc(OC)c(OC)c1. The lowest BCUT2D eigenvalue weighted by Gasteiger charge is -2.25. The number of esters is 1. The number of nitrogens with one attached hydrogen (secondary N) is 1. The predicted octanol–water partition coefficient (Wildman–Crippen LogP) is 3.48. The predicted molar refractivity (Wildman–Crippen MR) is 140 cm³/mol. The van der Waals surface area contributed by atoms with Crippen LogP contribution in [0.3, 0.4) is 0 Å². The molecule has 3 aromatic carbocycles. The Kier molecular flexibility index (Phi) is 9.20. The number of carbonyl (C=O) groups excluding carboxylic acids is 2. The summed E-state index contributed by atoms with van der Waals surface area (Å²) in [5.74, 6) is -1.80. The molecule has 13 heteroatoms. The van der Waals surface area contributed by atoms with E-state index >= 15 is 0 Å². The molecule has 0 aliphatic heterocycles. The molecule has 1 N–H and O–H groups in total. The van der Waals surface area contributed by atoms with Crippen molar-refractivity contribution in [2.75, 3.05) is 51.7 Å². The molecule has 0 saturated carbocycles. The molecule has 0 unspecified atom stereocenters. The summed E-state index contributed by atoms with van der Waals surface area (Å²) in [5, 5.41) is 2.49. The van der Waals surface area contributed by atoms with Gasteiger partial charge in [-0.05, 0) is 24.3 Å². The van der Waals surface area contributed by atoms with Gasteiger partial charge in [0, 0.05) is 18.2 Å². The fourth-order valence-electron chi connectivity index (χ4n) is 3.64. The fraction of sp³-hybridized carbons (Fsp3) is 0.231. The van der Waals surface area contributed by atoms with E-state index in [1.807, 2.05) is 0 Å². The Morgan fingerprint density at radius 3 is 2.00 bits per heavy atom. The van der Waals surface area contributed by atoms with Crippen LogP contribution in [0.25, 0.3) is 0 Å². The van der Waals surface area contributed by atoms with E-state index in [-0.39, 0.29) is 44.8 Å². The molecule has 0 aromatic heterocycles. The number of amides is 1. The van der Waals surface area contributed by atoms with Crippen LogP contribution in [-0.4, -0.2) is 62.4 Å². The summed E-state index contributed by atoms with van der Waals surface area (Å²) in [4.78, 5) is 25.3. The van der Waals surface area contributed by atoms with Crippen LogP contribution in [0.15, 0.2) is 59.5 Å². The second-order valence-corrected chi connectivity index (χ2v) is 9.63. The molecule has 3 rings (SSSR count). The van der Waals surface area contributed by atoms with Crippen molar-refractivity contribution in [2.45, 2.75) is 4.90 Å². The van der Waals surface area contributed by atoms with Gasteiger partial charge in [0.2, 0.25) is 5.91 Å². The first-order valence-electron chi connectivity index (χ1n) is 11.2. The Morgan fingerprint density at radius 1 is 0.821 bits per heavy atom. The van der Waals surface area contributed by atoms with Crippen molar-refractivity contribution in [1.82, 2.24) is 0 Å². The maximum Gasteiger partial charge on any atom is 0.340 e. The molecule has 0 radical (unpaired) electrons. The van der Waals surface area contributed by atoms with E-state index in [4.69, 9.17) is 23.7 Å². The van der Waals surface area contributed by atoms with Crippen LogP contribution in [0, 0.1) is 5.82 Å². The second-order valence-electron chi connectivity index (χ2n) is 7.77. The molecule has 208 valence electrons. The van der Waals surface area contributed by atoms with Crippen LogP contribution in [0.1, 0.15) is 10.4 Å². The number of hydrogen-bond donors (Lipinski definition) is 1. The number of para-hydroxylation sites is 1. The van der Waals surface area contributed by atoms with Crippen LogP contribution in [-0.2, 0) is 19.6 Å². The zero-order valence-electron chi connectivity index (χ0n) is 21.8. The molecule has 0 spiro atoms. The molecule has 0 aliphatic carbocycles. The molecule has 0 heterocycles. The van der Waals surface area contributed by atoms with Crippen LogP contribution >= 0.6 is 0 Å². The average molecular weight is 563 g/mol. The highest BCUT2D eigenvalue weighted by molar-refractivity contribution is 7.92. The van der Waals surface area contributed by atoms with Gasteiger partial charge in [0.15, 0.2) is 23.0 Å². The summed E-state index contributed by atoms with van der Waals surface area (Å²) in [7, 11) is 2.08. The molecule has 0 saturated heterocycles. The van der Waals surface area contributed by atoms with Gasteiger partial charge in [-0.1, -0.05) is 12.1 Å². The molecule has 3 aromatic rings. The van der Waals surface area contributed by atoms with Gasteiger partial charge in [-0.2, -0.15) is 0 Å². The Labute approximate surface area is 225 Å². The molecule has 0 bridgehead atoms. The molecular weight excluding hydrogens is 535 g/mol. The van der Waals surface area contributed by atoms with Crippen molar-refractivity contribution in [3.05, 3.63) is 66.0 Å². The summed E-state index contributed by atoms with van der Waals surface area (Å²) in [6.45, 7) is -0.855. The van der Waals surface area contributed by atoms with Gasteiger partial charge in [0.25, 0.3) is 10.0 Å². The van der Waals surface area contributed by atoms with Gasteiger partial charge in [0.05, 0.1) is 57.4 Å². The quantitative estimate of drug-likeness (QED) is 0.349. The maximum absolute atomic E-state index is 14.9. The number of ether oxygens (including phenoxy) is 5. The highest BCUT2D eigenvalue weighted by atomic mass is 32.2. The van der Waals surface area contributed by atoms with Crippen molar-refractivity contribution in [1.29, 1.82) is 0 Å². The maximum atomic E-state index is 14.9. The van der Waals surface area contributed by atoms with Gasteiger partial charge in [-0.15, -0.1) is 0 Å². The minimum atomic E-state index is -4.52. The Hall–Kier alpha value is -4.52. The van der Waals surface area contributed by atoms with Crippen LogP contribution in [0.5, 0.6) is 23.0 Å². The molecule has 39 heavy (non-hydrogen) atoms. The van der Waals surface area contributed by atoms with Crippen LogP contribution in [0.2, 0.25) is 0 Å². The van der Waals surface area contributed by atoms with Gasteiger partial charge in [-0.25, -0.2) is 17.6 Å². The normalized spacial score (nSPS) is 10.8. The smallest absolute Gasteiger partial charge is 0.340 e. The zero-order valence-corrected chi connectivity index (χ0v) is 22.6. The molecule has 0 aliphatic rings. The summed E-state index contributed by atoms with van der Waals surface area (Å²) in [6.07, 6.45) is 0. The zero-order chi connectivity index (χ0) is 28.7. The number of sulfonamides is 1. The van der Waals surface area contributed by atoms with E-state index in [0.717, 1.165) is 13.2 Å². The van der Waals surface area contributed by atoms with Crippen molar-refractivity contribution >= 4 is 33.3 Å². The van der Waals surface area contributed by atoms with Crippen LogP contribution < -0.4 is 28.6 Å². The summed E-state index contributed by atoms with van der Waals surface area (Å²) in [6, 6.07) is 11.5. The van der Waals surface area contributed by atoms with E-state index in [2.05, 4.69) is 5.32 Å². The number of rotatable bonds is 11. The third-order valence-electron chi connectivity index (χ3n) is 5.55. The largest absolute Gasteiger partial charge is 0.493 e. The topological polar surface area (TPSA) is 130 Å². The molecule has 11 nitrogen and oxygen atoms in total. The number of halogens is 1. The Morgan fingerprint density at radius 2 is 1.41 bits per heavy atom. The highest BCUT2D eigenvalue weighted by Crippen LogP contribution is 2.35. The van der Waals surface area contributed by atoms with E-state index in [1.54, 1.807) is 0 Å².